The van der Waals surface area contributed by atoms with E-state index in [0.29, 0.717) is 16.8 Å². The van der Waals surface area contributed by atoms with Gasteiger partial charge in [-0.3, -0.25) is 4.79 Å². The number of halogens is 2. The lowest BCUT2D eigenvalue weighted by molar-refractivity contribution is 0.102. The summed E-state index contributed by atoms with van der Waals surface area (Å²) >= 11 is 5.47. The van der Waals surface area contributed by atoms with Gasteiger partial charge in [0, 0.05) is 19.2 Å². The Labute approximate surface area is 143 Å². The number of amides is 1. The van der Waals surface area contributed by atoms with Gasteiger partial charge < -0.3 is 16.3 Å². The number of hydrogen-bond acceptors (Lipinski definition) is 3. The van der Waals surface area contributed by atoms with Crippen LogP contribution >= 0.6 is 38.5 Å². The highest BCUT2D eigenvalue weighted by Crippen LogP contribution is 2.22. The molecule has 2 rings (SSSR count). The predicted molar refractivity (Wildman–Crippen MR) is 93.8 cm³/mol. The van der Waals surface area contributed by atoms with Gasteiger partial charge in [-0.25, -0.2) is 0 Å². The number of oxime groups is 1. The van der Waals surface area contributed by atoms with Crippen molar-refractivity contribution in [2.75, 3.05) is 5.32 Å². The van der Waals surface area contributed by atoms with E-state index in [-0.39, 0.29) is 11.7 Å². The van der Waals surface area contributed by atoms with Gasteiger partial charge in [-0.1, -0.05) is 27.2 Å². The highest BCUT2D eigenvalue weighted by molar-refractivity contribution is 14.1. The summed E-state index contributed by atoms with van der Waals surface area (Å²) in [5.74, 6) is -0.334. The second-order valence-electron chi connectivity index (χ2n) is 4.14. The second-order valence-corrected chi connectivity index (χ2v) is 6.30. The Morgan fingerprint density at radius 1 is 1.29 bits per heavy atom. The van der Waals surface area contributed by atoms with E-state index >= 15 is 0 Å². The lowest BCUT2D eigenvalue weighted by Crippen LogP contribution is -2.19. The Morgan fingerprint density at radius 2 is 2.05 bits per heavy atom. The fourth-order valence-corrected chi connectivity index (χ4v) is 2.63. The van der Waals surface area contributed by atoms with Crippen LogP contribution in [-0.4, -0.2) is 17.0 Å². The molecule has 5 nitrogen and oxygen atoms in total. The third kappa shape index (κ3) is 3.94. The zero-order valence-electron chi connectivity index (χ0n) is 10.7. The minimum Gasteiger partial charge on any atom is -0.409 e. The van der Waals surface area contributed by atoms with Gasteiger partial charge in [0.25, 0.3) is 5.91 Å². The van der Waals surface area contributed by atoms with Gasteiger partial charge in [-0.2, -0.15) is 0 Å². The van der Waals surface area contributed by atoms with E-state index in [1.165, 1.54) is 0 Å². The lowest BCUT2D eigenvalue weighted by atomic mass is 10.1. The van der Waals surface area contributed by atoms with Crippen molar-refractivity contribution >= 4 is 56.0 Å². The molecule has 0 aliphatic rings. The quantitative estimate of drug-likeness (QED) is 0.216. The first kappa shape index (κ1) is 15.8. The Morgan fingerprint density at radius 3 is 2.71 bits per heavy atom. The highest BCUT2D eigenvalue weighted by atomic mass is 127. The molecule has 0 radical (unpaired) electrons. The molecule has 0 aliphatic carbocycles. The molecule has 2 aromatic carbocycles. The number of amidine groups is 1. The van der Waals surface area contributed by atoms with Gasteiger partial charge in [0.1, 0.15) is 0 Å². The standard InChI is InChI=1S/C14H11BrIN3O2/c15-9-4-5-11(13(17)19-21)12(7-9)18-14(20)8-2-1-3-10(16)6-8/h1-7,21H,(H2,17,19)(H,18,20). The van der Waals surface area contributed by atoms with Crippen molar-refractivity contribution in [2.45, 2.75) is 0 Å². The van der Waals surface area contributed by atoms with Crippen LogP contribution in [0.1, 0.15) is 15.9 Å². The van der Waals surface area contributed by atoms with Gasteiger partial charge in [0.05, 0.1) is 5.69 Å². The molecule has 0 aliphatic heterocycles. The van der Waals surface area contributed by atoms with Crippen LogP contribution in [0.3, 0.4) is 0 Å². The molecule has 4 N–H and O–H groups in total. The van der Waals surface area contributed by atoms with Gasteiger partial charge in [-0.05, 0) is 59.0 Å². The molecule has 0 aromatic heterocycles. The van der Waals surface area contributed by atoms with Gasteiger partial charge in [0.15, 0.2) is 5.84 Å². The van der Waals surface area contributed by atoms with Crippen LogP contribution in [0.5, 0.6) is 0 Å². The van der Waals surface area contributed by atoms with Crippen LogP contribution in [0.2, 0.25) is 0 Å². The van der Waals surface area contributed by atoms with E-state index in [0.717, 1.165) is 8.04 Å². The zero-order valence-corrected chi connectivity index (χ0v) is 14.4. The van der Waals surface area contributed by atoms with E-state index in [2.05, 4.69) is 49.0 Å². The smallest absolute Gasteiger partial charge is 0.255 e. The first-order valence-corrected chi connectivity index (χ1v) is 7.73. The molecule has 21 heavy (non-hydrogen) atoms. The molecular formula is C14H11BrIN3O2. The van der Waals surface area contributed by atoms with Crippen LogP contribution in [0, 0.1) is 3.57 Å². The minimum atomic E-state index is -0.265. The fraction of sp³-hybridized carbons (Fsp3) is 0. The summed E-state index contributed by atoms with van der Waals surface area (Å²) in [6.07, 6.45) is 0. The molecule has 7 heteroatoms. The van der Waals surface area contributed by atoms with E-state index in [9.17, 15) is 4.79 Å². The van der Waals surface area contributed by atoms with Crippen molar-refractivity contribution in [3.05, 3.63) is 61.6 Å². The van der Waals surface area contributed by atoms with Crippen molar-refractivity contribution in [3.8, 4) is 0 Å². The van der Waals surface area contributed by atoms with E-state index < -0.39 is 0 Å². The second kappa shape index (κ2) is 6.90. The van der Waals surface area contributed by atoms with Gasteiger partial charge in [0.2, 0.25) is 0 Å². The molecule has 0 unspecified atom stereocenters. The topological polar surface area (TPSA) is 87.7 Å². The molecule has 0 atom stereocenters. The molecule has 0 heterocycles. The van der Waals surface area contributed by atoms with E-state index in [1.807, 2.05) is 12.1 Å². The van der Waals surface area contributed by atoms with Crippen LogP contribution < -0.4 is 11.1 Å². The summed E-state index contributed by atoms with van der Waals surface area (Å²) < 4.78 is 1.74. The molecular weight excluding hydrogens is 449 g/mol. The Balaban J connectivity index is 2.35. The number of nitrogens with one attached hydrogen (secondary N) is 1. The summed E-state index contributed by atoms with van der Waals surface area (Å²) in [6.45, 7) is 0. The minimum absolute atomic E-state index is 0.0690. The van der Waals surface area contributed by atoms with E-state index in [4.69, 9.17) is 10.9 Å². The first-order valence-electron chi connectivity index (χ1n) is 5.85. The van der Waals surface area contributed by atoms with Crippen molar-refractivity contribution in [1.82, 2.24) is 0 Å². The highest BCUT2D eigenvalue weighted by Gasteiger charge is 2.12. The number of benzene rings is 2. The summed E-state index contributed by atoms with van der Waals surface area (Å²) in [5.41, 5.74) is 7.06. The number of nitrogens with two attached hydrogens (primary N) is 1. The largest absolute Gasteiger partial charge is 0.409 e. The number of rotatable bonds is 3. The fourth-order valence-electron chi connectivity index (χ4n) is 1.72. The molecule has 0 spiro atoms. The molecule has 1 amide bonds. The summed E-state index contributed by atoms with van der Waals surface area (Å²) in [6, 6.07) is 12.3. The summed E-state index contributed by atoms with van der Waals surface area (Å²) in [5, 5.41) is 14.5. The molecule has 0 saturated carbocycles. The molecule has 0 bridgehead atoms. The molecule has 0 fully saturated rings. The number of carbonyl (C=O) groups is 1. The third-order valence-corrected chi connectivity index (χ3v) is 3.86. The number of anilines is 1. The zero-order chi connectivity index (χ0) is 15.4. The Hall–Kier alpha value is -1.61. The van der Waals surface area contributed by atoms with Crippen LogP contribution in [0.4, 0.5) is 5.69 Å². The normalized spacial score (nSPS) is 11.2. The lowest BCUT2D eigenvalue weighted by Gasteiger charge is -2.11. The number of hydrogen-bond donors (Lipinski definition) is 3. The van der Waals surface area contributed by atoms with Crippen molar-refractivity contribution in [2.24, 2.45) is 10.9 Å². The van der Waals surface area contributed by atoms with Gasteiger partial charge >= 0.3 is 0 Å². The van der Waals surface area contributed by atoms with Crippen LogP contribution in [-0.2, 0) is 0 Å². The Kier molecular flexibility index (Phi) is 5.18. The van der Waals surface area contributed by atoms with Crippen LogP contribution in [0.15, 0.2) is 52.1 Å². The van der Waals surface area contributed by atoms with E-state index in [1.54, 1.807) is 30.3 Å². The maximum Gasteiger partial charge on any atom is 0.255 e. The predicted octanol–water partition coefficient (Wildman–Crippen LogP) is 3.40. The number of carbonyl (C=O) groups excluding carboxylic acids is 1. The summed E-state index contributed by atoms with van der Waals surface area (Å²) in [4.78, 5) is 12.3. The molecule has 2 aromatic rings. The monoisotopic (exact) mass is 459 g/mol. The average Bonchev–Trinajstić information content (AvgIpc) is 2.46. The average molecular weight is 460 g/mol. The number of nitrogens with zero attached hydrogens (tertiary/aromatic N) is 1. The van der Waals surface area contributed by atoms with Crippen molar-refractivity contribution in [3.63, 3.8) is 0 Å². The summed E-state index contributed by atoms with van der Waals surface area (Å²) in [7, 11) is 0. The van der Waals surface area contributed by atoms with Crippen LogP contribution in [0.25, 0.3) is 0 Å². The van der Waals surface area contributed by atoms with Crippen molar-refractivity contribution < 1.29 is 10.0 Å². The maximum absolute atomic E-state index is 12.3. The van der Waals surface area contributed by atoms with Crippen molar-refractivity contribution in [1.29, 1.82) is 0 Å². The molecule has 108 valence electrons. The first-order chi connectivity index (χ1) is 10.0. The SMILES string of the molecule is N/C(=N/O)c1ccc(Br)cc1NC(=O)c1cccc(I)c1. The molecule has 0 saturated heterocycles. The maximum atomic E-state index is 12.3. The Bertz CT molecular complexity index is 719. The van der Waals surface area contributed by atoms with Gasteiger partial charge in [-0.15, -0.1) is 0 Å². The third-order valence-electron chi connectivity index (χ3n) is 2.70.